The summed E-state index contributed by atoms with van der Waals surface area (Å²) in [7, 11) is 1.36. The molecule has 0 radical (unpaired) electrons. The maximum Gasteiger partial charge on any atom is 0.358 e. The molecular weight excluding hydrogens is 268 g/mol. The summed E-state index contributed by atoms with van der Waals surface area (Å²) in [4.78, 5) is 22.3. The van der Waals surface area contributed by atoms with Crippen molar-refractivity contribution in [2.75, 3.05) is 31.6 Å². The molecule has 21 heavy (non-hydrogen) atoms. The first-order valence-corrected chi connectivity index (χ1v) is 7.63. The fourth-order valence-electron chi connectivity index (χ4n) is 2.54. The highest BCUT2D eigenvalue weighted by Gasteiger charge is 2.20. The summed E-state index contributed by atoms with van der Waals surface area (Å²) in [6, 6.07) is 0.491. The Kier molecular flexibility index (Phi) is 5.92. The summed E-state index contributed by atoms with van der Waals surface area (Å²) in [5, 5.41) is 3.50. The van der Waals surface area contributed by atoms with Crippen LogP contribution in [-0.4, -0.2) is 48.7 Å². The van der Waals surface area contributed by atoms with Gasteiger partial charge in [0.2, 0.25) is 0 Å². The number of carbonyl (C=O) groups excluding carboxylic acids is 1. The lowest BCUT2D eigenvalue weighted by Crippen LogP contribution is -2.38. The summed E-state index contributed by atoms with van der Waals surface area (Å²) >= 11 is 0. The molecule has 116 valence electrons. The van der Waals surface area contributed by atoms with E-state index in [0.29, 0.717) is 6.04 Å². The highest BCUT2D eigenvalue weighted by Crippen LogP contribution is 2.15. The number of nitrogens with one attached hydrogen (secondary N) is 1. The van der Waals surface area contributed by atoms with Crippen molar-refractivity contribution < 1.29 is 9.53 Å². The lowest BCUT2D eigenvalue weighted by atomic mass is 10.2. The van der Waals surface area contributed by atoms with Gasteiger partial charge in [-0.1, -0.05) is 13.3 Å². The zero-order valence-electron chi connectivity index (χ0n) is 12.8. The smallest absolute Gasteiger partial charge is 0.358 e. The van der Waals surface area contributed by atoms with Crippen LogP contribution in [-0.2, 0) is 4.74 Å². The van der Waals surface area contributed by atoms with E-state index in [2.05, 4.69) is 27.1 Å². The lowest BCUT2D eigenvalue weighted by molar-refractivity contribution is 0.0593. The molecule has 6 nitrogen and oxygen atoms in total. The number of carbonyl (C=O) groups is 1. The highest BCUT2D eigenvalue weighted by molar-refractivity contribution is 5.87. The Morgan fingerprint density at radius 2 is 2.38 bits per heavy atom. The second kappa shape index (κ2) is 7.93. The van der Waals surface area contributed by atoms with Crippen molar-refractivity contribution >= 4 is 11.8 Å². The first-order valence-electron chi connectivity index (χ1n) is 7.63. The van der Waals surface area contributed by atoms with Crippen LogP contribution in [0.3, 0.4) is 0 Å². The Morgan fingerprint density at radius 3 is 3.05 bits per heavy atom. The van der Waals surface area contributed by atoms with Gasteiger partial charge in [0.05, 0.1) is 19.5 Å². The first kappa shape index (κ1) is 15.7. The third-order valence-electron chi connectivity index (χ3n) is 3.73. The normalized spacial score (nSPS) is 17.7. The molecule has 0 aromatic carbocycles. The standard InChI is InChI=1S/C15H24N4O2/c1-3-4-8-19(11-12-6-5-7-17-12)14-10-16-9-13(18-14)15(20)21-2/h9-10,12,17H,3-8,11H2,1-2H3. The number of aromatic nitrogens is 2. The van der Waals surface area contributed by atoms with Gasteiger partial charge in [-0.2, -0.15) is 0 Å². The molecule has 2 rings (SSSR count). The Balaban J connectivity index is 2.12. The second-order valence-corrected chi connectivity index (χ2v) is 5.35. The van der Waals surface area contributed by atoms with E-state index in [1.54, 1.807) is 6.20 Å². The van der Waals surface area contributed by atoms with E-state index in [1.807, 2.05) is 0 Å². The highest BCUT2D eigenvalue weighted by atomic mass is 16.5. The van der Waals surface area contributed by atoms with E-state index in [9.17, 15) is 4.79 Å². The van der Waals surface area contributed by atoms with Crippen molar-refractivity contribution in [3.63, 3.8) is 0 Å². The predicted octanol–water partition coefficient (Wildman–Crippen LogP) is 1.62. The van der Waals surface area contributed by atoms with Crippen LogP contribution in [0.25, 0.3) is 0 Å². The minimum absolute atomic E-state index is 0.260. The largest absolute Gasteiger partial charge is 0.464 e. The molecular formula is C15H24N4O2. The van der Waals surface area contributed by atoms with Gasteiger partial charge in [0, 0.05) is 19.1 Å². The summed E-state index contributed by atoms with van der Waals surface area (Å²) in [5.41, 5.74) is 0.260. The van der Waals surface area contributed by atoms with Gasteiger partial charge in [0.25, 0.3) is 0 Å². The van der Waals surface area contributed by atoms with Gasteiger partial charge >= 0.3 is 5.97 Å². The van der Waals surface area contributed by atoms with Gasteiger partial charge in [0.15, 0.2) is 5.69 Å². The number of rotatable bonds is 7. The van der Waals surface area contributed by atoms with Crippen LogP contribution in [0.2, 0.25) is 0 Å². The van der Waals surface area contributed by atoms with Crippen LogP contribution >= 0.6 is 0 Å². The van der Waals surface area contributed by atoms with E-state index in [1.165, 1.54) is 26.1 Å². The topological polar surface area (TPSA) is 67.4 Å². The van der Waals surface area contributed by atoms with Crippen LogP contribution in [0, 0.1) is 0 Å². The Bertz CT molecular complexity index is 461. The van der Waals surface area contributed by atoms with Crippen molar-refractivity contribution in [3.05, 3.63) is 18.1 Å². The van der Waals surface area contributed by atoms with Crippen LogP contribution in [0.4, 0.5) is 5.82 Å². The molecule has 1 saturated heterocycles. The quantitative estimate of drug-likeness (QED) is 0.770. The van der Waals surface area contributed by atoms with Crippen LogP contribution in [0.5, 0.6) is 0 Å². The zero-order valence-corrected chi connectivity index (χ0v) is 12.8. The molecule has 0 aliphatic carbocycles. The number of hydrogen-bond acceptors (Lipinski definition) is 6. The number of ether oxygens (including phenoxy) is 1. The van der Waals surface area contributed by atoms with Gasteiger partial charge in [-0.15, -0.1) is 0 Å². The number of methoxy groups -OCH3 is 1. The number of nitrogens with zero attached hydrogens (tertiary/aromatic N) is 3. The van der Waals surface area contributed by atoms with Crippen molar-refractivity contribution in [1.29, 1.82) is 0 Å². The van der Waals surface area contributed by atoms with Crippen molar-refractivity contribution in [1.82, 2.24) is 15.3 Å². The third kappa shape index (κ3) is 4.39. The number of hydrogen-bond donors (Lipinski definition) is 1. The molecule has 6 heteroatoms. The van der Waals surface area contributed by atoms with Crippen molar-refractivity contribution in [2.24, 2.45) is 0 Å². The summed E-state index contributed by atoms with van der Waals surface area (Å²) in [6.45, 7) is 5.08. The molecule has 1 aliphatic heterocycles. The number of unbranched alkanes of at least 4 members (excludes halogenated alkanes) is 1. The fraction of sp³-hybridized carbons (Fsp3) is 0.667. The second-order valence-electron chi connectivity index (χ2n) is 5.35. The first-order chi connectivity index (χ1) is 10.2. The maximum absolute atomic E-state index is 11.6. The molecule has 1 fully saturated rings. The average Bonchev–Trinajstić information content (AvgIpc) is 3.03. The molecule has 1 aliphatic rings. The summed E-state index contributed by atoms with van der Waals surface area (Å²) < 4.78 is 4.71. The minimum atomic E-state index is -0.446. The van der Waals surface area contributed by atoms with E-state index in [4.69, 9.17) is 4.74 Å². The van der Waals surface area contributed by atoms with Crippen molar-refractivity contribution in [3.8, 4) is 0 Å². The molecule has 1 aromatic rings. The number of anilines is 1. The third-order valence-corrected chi connectivity index (χ3v) is 3.73. The number of esters is 1. The molecule has 0 saturated carbocycles. The van der Waals surface area contributed by atoms with Crippen LogP contribution in [0.15, 0.2) is 12.4 Å². The molecule has 1 N–H and O–H groups in total. The SMILES string of the molecule is CCCCN(CC1CCCN1)c1cncc(C(=O)OC)n1. The molecule has 1 atom stereocenters. The molecule has 0 amide bonds. The zero-order chi connectivity index (χ0) is 15.1. The predicted molar refractivity (Wildman–Crippen MR) is 81.5 cm³/mol. The van der Waals surface area contributed by atoms with E-state index in [-0.39, 0.29) is 5.69 Å². The lowest BCUT2D eigenvalue weighted by Gasteiger charge is -2.26. The fourth-order valence-corrected chi connectivity index (χ4v) is 2.54. The van der Waals surface area contributed by atoms with Crippen molar-refractivity contribution in [2.45, 2.75) is 38.6 Å². The van der Waals surface area contributed by atoms with Gasteiger partial charge < -0.3 is 15.0 Å². The molecule has 0 bridgehead atoms. The summed E-state index contributed by atoms with van der Waals surface area (Å²) in [6.07, 6.45) is 7.79. The summed E-state index contributed by atoms with van der Waals surface area (Å²) in [5.74, 6) is 0.304. The van der Waals surface area contributed by atoms with Crippen LogP contribution in [0.1, 0.15) is 43.1 Å². The molecule has 2 heterocycles. The van der Waals surface area contributed by atoms with E-state index >= 15 is 0 Å². The average molecular weight is 292 g/mol. The molecule has 1 aromatic heterocycles. The van der Waals surface area contributed by atoms with Gasteiger partial charge in [-0.05, 0) is 25.8 Å². The van der Waals surface area contributed by atoms with Crippen LogP contribution < -0.4 is 10.2 Å². The Hall–Kier alpha value is -1.69. The Labute approximate surface area is 125 Å². The minimum Gasteiger partial charge on any atom is -0.464 e. The monoisotopic (exact) mass is 292 g/mol. The molecule has 1 unspecified atom stereocenters. The van der Waals surface area contributed by atoms with Gasteiger partial charge in [-0.3, -0.25) is 4.98 Å². The molecule has 0 spiro atoms. The van der Waals surface area contributed by atoms with E-state index < -0.39 is 5.97 Å². The Morgan fingerprint density at radius 1 is 1.52 bits per heavy atom. The van der Waals surface area contributed by atoms with E-state index in [0.717, 1.165) is 38.3 Å². The van der Waals surface area contributed by atoms with Gasteiger partial charge in [-0.25, -0.2) is 9.78 Å². The maximum atomic E-state index is 11.6. The van der Waals surface area contributed by atoms with Gasteiger partial charge in [0.1, 0.15) is 5.82 Å².